The molecule has 2 N–H and O–H groups in total. The molecule has 2 aromatic heterocycles. The Balaban J connectivity index is 1.47. The van der Waals surface area contributed by atoms with Crippen LogP contribution < -0.4 is 10.1 Å². The zero-order valence-corrected chi connectivity index (χ0v) is 18.9. The summed E-state index contributed by atoms with van der Waals surface area (Å²) in [5, 5.41) is 5.23. The molecule has 2 heterocycles. The number of para-hydroxylation sites is 1. The lowest BCUT2D eigenvalue weighted by Crippen LogP contribution is -2.29. The molecule has 0 aliphatic rings. The van der Waals surface area contributed by atoms with E-state index in [0.29, 0.717) is 12.3 Å². The zero-order chi connectivity index (χ0) is 22.9. The first-order valence-electron chi connectivity index (χ1n) is 11.0. The molecule has 33 heavy (non-hydrogen) atoms. The van der Waals surface area contributed by atoms with E-state index in [2.05, 4.69) is 22.4 Å². The van der Waals surface area contributed by atoms with Crippen molar-refractivity contribution in [2.45, 2.75) is 19.8 Å². The molecule has 5 heteroatoms. The van der Waals surface area contributed by atoms with Gasteiger partial charge in [0, 0.05) is 40.5 Å². The Morgan fingerprint density at radius 3 is 2.61 bits per heavy atom. The van der Waals surface area contributed by atoms with E-state index >= 15 is 0 Å². The lowest BCUT2D eigenvalue weighted by molar-refractivity contribution is 0.0926. The highest BCUT2D eigenvalue weighted by Gasteiger charge is 2.22. The predicted molar refractivity (Wildman–Crippen MR) is 131 cm³/mol. The van der Waals surface area contributed by atoms with Gasteiger partial charge < -0.3 is 19.5 Å². The van der Waals surface area contributed by atoms with Gasteiger partial charge in [0.05, 0.1) is 7.11 Å². The average Bonchev–Trinajstić information content (AvgIpc) is 3.40. The number of aryl methyl sites for hydroxylation is 2. The van der Waals surface area contributed by atoms with E-state index in [4.69, 9.17) is 9.15 Å². The molecule has 166 valence electrons. The number of H-pyrrole nitrogens is 1. The summed E-state index contributed by atoms with van der Waals surface area (Å²) in [5.74, 6) is 0.916. The van der Waals surface area contributed by atoms with Crippen LogP contribution >= 0.6 is 0 Å². The summed E-state index contributed by atoms with van der Waals surface area (Å²) < 4.78 is 11.3. The topological polar surface area (TPSA) is 67.3 Å². The molecule has 0 spiro atoms. The highest BCUT2D eigenvalue weighted by Crippen LogP contribution is 2.32. The normalized spacial score (nSPS) is 12.2. The first kappa shape index (κ1) is 20.9. The number of nitrogens with one attached hydrogen (secondary N) is 2. The summed E-state index contributed by atoms with van der Waals surface area (Å²) in [7, 11) is 1.66. The summed E-state index contributed by atoms with van der Waals surface area (Å²) in [6.45, 7) is 4.37. The number of aromatic amines is 1. The second kappa shape index (κ2) is 8.51. The van der Waals surface area contributed by atoms with Crippen LogP contribution in [0, 0.1) is 13.8 Å². The quantitative estimate of drug-likeness (QED) is 0.337. The number of hydrogen-bond donors (Lipinski definition) is 2. The number of rotatable bonds is 6. The second-order valence-electron chi connectivity index (χ2n) is 8.38. The van der Waals surface area contributed by atoms with E-state index in [0.717, 1.165) is 49.9 Å². The number of hydrogen-bond acceptors (Lipinski definition) is 3. The van der Waals surface area contributed by atoms with Crippen molar-refractivity contribution in [2.24, 2.45) is 0 Å². The maximum absolute atomic E-state index is 13.2. The highest BCUT2D eigenvalue weighted by molar-refractivity contribution is 5.99. The maximum atomic E-state index is 13.2. The van der Waals surface area contributed by atoms with Gasteiger partial charge in [0.1, 0.15) is 11.3 Å². The average molecular weight is 439 g/mol. The van der Waals surface area contributed by atoms with Crippen molar-refractivity contribution >= 4 is 27.8 Å². The van der Waals surface area contributed by atoms with E-state index in [1.807, 2.05) is 74.6 Å². The van der Waals surface area contributed by atoms with Gasteiger partial charge >= 0.3 is 0 Å². The van der Waals surface area contributed by atoms with E-state index in [9.17, 15) is 4.79 Å². The Hall–Kier alpha value is -3.99. The van der Waals surface area contributed by atoms with Gasteiger partial charge in [0.2, 0.25) is 0 Å². The van der Waals surface area contributed by atoms with E-state index in [-0.39, 0.29) is 11.8 Å². The number of carbonyl (C=O) groups is 1. The second-order valence-corrected chi connectivity index (χ2v) is 8.38. The van der Waals surface area contributed by atoms with Crippen molar-refractivity contribution in [3.05, 3.63) is 101 Å². The van der Waals surface area contributed by atoms with Gasteiger partial charge in [-0.3, -0.25) is 4.79 Å². The number of methoxy groups -OCH3 is 1. The Bertz CT molecular complexity index is 1440. The zero-order valence-electron chi connectivity index (χ0n) is 18.9. The molecule has 1 amide bonds. The molecule has 0 aliphatic carbocycles. The van der Waals surface area contributed by atoms with Gasteiger partial charge in [-0.25, -0.2) is 0 Å². The summed E-state index contributed by atoms with van der Waals surface area (Å²) in [4.78, 5) is 16.5. The summed E-state index contributed by atoms with van der Waals surface area (Å²) in [5.41, 5.74) is 5.99. The molecular formula is C28H26N2O3. The van der Waals surface area contributed by atoms with Gasteiger partial charge in [-0.2, -0.15) is 0 Å². The first-order chi connectivity index (χ1) is 16.0. The summed E-state index contributed by atoms with van der Waals surface area (Å²) >= 11 is 0. The van der Waals surface area contributed by atoms with Crippen LogP contribution in [0.1, 0.15) is 38.7 Å². The van der Waals surface area contributed by atoms with Crippen LogP contribution in [0.4, 0.5) is 0 Å². The molecule has 5 aromatic rings. The van der Waals surface area contributed by atoms with Crippen LogP contribution in [0.15, 0.2) is 77.3 Å². The molecule has 0 aliphatic heterocycles. The number of benzene rings is 3. The van der Waals surface area contributed by atoms with Crippen LogP contribution in [0.25, 0.3) is 21.9 Å². The van der Waals surface area contributed by atoms with Gasteiger partial charge in [0.15, 0.2) is 5.76 Å². The fourth-order valence-corrected chi connectivity index (χ4v) is 4.45. The minimum Gasteiger partial charge on any atom is -0.497 e. The number of furan rings is 1. The van der Waals surface area contributed by atoms with Crippen LogP contribution in [0.2, 0.25) is 0 Å². The number of amides is 1. The Morgan fingerprint density at radius 1 is 1.03 bits per heavy atom. The van der Waals surface area contributed by atoms with Crippen molar-refractivity contribution in [2.75, 3.05) is 13.7 Å². The lowest BCUT2D eigenvalue weighted by atomic mass is 9.90. The maximum Gasteiger partial charge on any atom is 0.287 e. The molecule has 0 fully saturated rings. The van der Waals surface area contributed by atoms with Crippen molar-refractivity contribution in [3.63, 3.8) is 0 Å². The SMILES string of the molecule is COc1ccc([C@@H](CNC(=O)c2oc3cc(C)ccc3c2C)c2c[nH]c3ccccc23)cc1. The van der Waals surface area contributed by atoms with Crippen molar-refractivity contribution in [1.29, 1.82) is 0 Å². The molecule has 5 rings (SSSR count). The largest absolute Gasteiger partial charge is 0.497 e. The molecule has 3 aromatic carbocycles. The number of aromatic nitrogens is 1. The number of carbonyl (C=O) groups excluding carboxylic acids is 1. The number of fused-ring (bicyclic) bond motifs is 2. The highest BCUT2D eigenvalue weighted by atomic mass is 16.5. The van der Waals surface area contributed by atoms with Gasteiger partial charge in [0.25, 0.3) is 5.91 Å². The minimum absolute atomic E-state index is 0.0389. The van der Waals surface area contributed by atoms with Crippen LogP contribution in [0.3, 0.4) is 0 Å². The molecule has 0 unspecified atom stereocenters. The molecule has 0 bridgehead atoms. The third kappa shape index (κ3) is 3.87. The fraction of sp³-hybridized carbons (Fsp3) is 0.179. The third-order valence-corrected chi connectivity index (χ3v) is 6.28. The fourth-order valence-electron chi connectivity index (χ4n) is 4.45. The van der Waals surface area contributed by atoms with Crippen molar-refractivity contribution in [1.82, 2.24) is 10.3 Å². The summed E-state index contributed by atoms with van der Waals surface area (Å²) in [6.07, 6.45) is 2.03. The molecule has 5 nitrogen and oxygen atoms in total. The van der Waals surface area contributed by atoms with Crippen molar-refractivity contribution < 1.29 is 13.9 Å². The van der Waals surface area contributed by atoms with Gasteiger partial charge in [-0.15, -0.1) is 0 Å². The molecular weight excluding hydrogens is 412 g/mol. The minimum atomic E-state index is -0.209. The molecule has 0 radical (unpaired) electrons. The Kier molecular flexibility index (Phi) is 5.38. The van der Waals surface area contributed by atoms with Crippen molar-refractivity contribution in [3.8, 4) is 5.75 Å². The monoisotopic (exact) mass is 438 g/mol. The number of ether oxygens (including phenoxy) is 1. The lowest BCUT2D eigenvalue weighted by Gasteiger charge is -2.18. The van der Waals surface area contributed by atoms with Crippen LogP contribution in [0.5, 0.6) is 5.75 Å². The first-order valence-corrected chi connectivity index (χ1v) is 11.0. The predicted octanol–water partition coefficient (Wildman–Crippen LogP) is 6.10. The van der Waals surface area contributed by atoms with Crippen LogP contribution in [-0.2, 0) is 0 Å². The molecule has 0 saturated carbocycles. The standard InChI is InChI=1S/C28H26N2O3/c1-17-8-13-21-18(2)27(33-26(21)14-17)28(31)30-15-23(19-9-11-20(32-3)12-10-19)24-16-29-25-7-5-4-6-22(24)25/h4-14,16,23,29H,15H2,1-3H3,(H,30,31)/t23-/m1/s1. The van der Waals surface area contributed by atoms with E-state index < -0.39 is 0 Å². The molecule has 1 atom stereocenters. The van der Waals surface area contributed by atoms with E-state index in [1.54, 1.807) is 7.11 Å². The Morgan fingerprint density at radius 2 is 1.82 bits per heavy atom. The molecule has 0 saturated heterocycles. The van der Waals surface area contributed by atoms with Gasteiger partial charge in [-0.1, -0.05) is 42.5 Å². The Labute approximate surface area is 192 Å². The van der Waals surface area contributed by atoms with Gasteiger partial charge in [-0.05, 0) is 54.8 Å². The van der Waals surface area contributed by atoms with E-state index in [1.165, 1.54) is 0 Å². The third-order valence-electron chi connectivity index (χ3n) is 6.28. The summed E-state index contributed by atoms with van der Waals surface area (Å²) in [6, 6.07) is 22.2. The smallest absolute Gasteiger partial charge is 0.287 e. The van der Waals surface area contributed by atoms with Crippen LogP contribution in [-0.4, -0.2) is 24.5 Å².